The molecule has 0 spiro atoms. The zero-order valence-electron chi connectivity index (χ0n) is 6.02. The summed E-state index contributed by atoms with van der Waals surface area (Å²) in [7, 11) is 1.59. The van der Waals surface area contributed by atoms with Crippen LogP contribution in [0.4, 0.5) is 0 Å². The quantitative estimate of drug-likeness (QED) is 0.673. The fourth-order valence-corrected chi connectivity index (χ4v) is 0.800. The third-order valence-corrected chi connectivity index (χ3v) is 1.35. The first-order chi connectivity index (χ1) is 5.24. The number of nitrogens with one attached hydrogen (secondary N) is 2. The molecule has 0 atom stereocenters. The van der Waals surface area contributed by atoms with Crippen molar-refractivity contribution in [3.63, 3.8) is 0 Å². The Bertz CT molecular complexity index is 258. The fraction of sp³-hybridized carbons (Fsp3) is 0.333. The molecule has 4 nitrogen and oxygen atoms in total. The molecule has 0 saturated heterocycles. The van der Waals surface area contributed by atoms with Crippen LogP contribution in [-0.4, -0.2) is 22.5 Å². The summed E-state index contributed by atoms with van der Waals surface area (Å²) in [6, 6.07) is 1.68. The Labute approximate surface area is 69.0 Å². The van der Waals surface area contributed by atoms with Gasteiger partial charge in [-0.15, -0.1) is 0 Å². The molecule has 0 aromatic carbocycles. The molecule has 1 aromatic rings. The molecule has 0 saturated carbocycles. The van der Waals surface area contributed by atoms with E-state index in [1.165, 1.54) is 0 Å². The van der Waals surface area contributed by atoms with E-state index < -0.39 is 0 Å². The largest absolute Gasteiger partial charge is 0.378 e. The number of ether oxygens (including phenoxy) is 1. The Kier molecular flexibility index (Phi) is 2.62. The second-order valence-corrected chi connectivity index (χ2v) is 2.40. The second kappa shape index (κ2) is 3.50. The average Bonchev–Trinajstić information content (AvgIpc) is 2.37. The highest BCUT2D eigenvalue weighted by molar-refractivity contribution is 6.68. The molecular formula is C6H8ClN3O. The number of nitrogens with zero attached hydrogens (tertiary/aromatic N) is 1. The van der Waals surface area contributed by atoms with Gasteiger partial charge in [0.1, 0.15) is 10.9 Å². The predicted molar refractivity (Wildman–Crippen MR) is 42.0 cm³/mol. The van der Waals surface area contributed by atoms with Gasteiger partial charge in [0, 0.05) is 7.11 Å². The highest BCUT2D eigenvalue weighted by Crippen LogP contribution is 2.03. The van der Waals surface area contributed by atoms with Crippen molar-refractivity contribution in [1.82, 2.24) is 10.2 Å². The zero-order chi connectivity index (χ0) is 8.27. The molecule has 1 aromatic heterocycles. The number of H-pyrrole nitrogens is 1. The molecule has 1 heterocycles. The van der Waals surface area contributed by atoms with Crippen molar-refractivity contribution in [2.45, 2.75) is 6.61 Å². The summed E-state index contributed by atoms with van der Waals surface area (Å²) in [6.45, 7) is 0.456. The van der Waals surface area contributed by atoms with Crippen LogP contribution in [0.5, 0.6) is 0 Å². The average molecular weight is 174 g/mol. The lowest BCUT2D eigenvalue weighted by molar-refractivity contribution is 0.181. The summed E-state index contributed by atoms with van der Waals surface area (Å²) in [5.41, 5.74) is 1.26. The first-order valence-electron chi connectivity index (χ1n) is 3.01. The van der Waals surface area contributed by atoms with Gasteiger partial charge in [0.25, 0.3) is 0 Å². The van der Waals surface area contributed by atoms with Crippen LogP contribution in [0.3, 0.4) is 0 Å². The van der Waals surface area contributed by atoms with Crippen LogP contribution in [0.1, 0.15) is 11.4 Å². The Morgan fingerprint density at radius 1 is 1.91 bits per heavy atom. The maximum atomic E-state index is 7.02. The molecule has 60 valence electrons. The minimum Gasteiger partial charge on any atom is -0.378 e. The van der Waals surface area contributed by atoms with Gasteiger partial charge in [0.05, 0.1) is 12.3 Å². The lowest BCUT2D eigenvalue weighted by Crippen LogP contribution is -1.86. The lowest BCUT2D eigenvalue weighted by Gasteiger charge is -1.89. The normalized spacial score (nSPS) is 10.0. The number of rotatable bonds is 3. The molecule has 0 aliphatic carbocycles. The van der Waals surface area contributed by atoms with Gasteiger partial charge >= 0.3 is 0 Å². The van der Waals surface area contributed by atoms with E-state index in [0.29, 0.717) is 12.3 Å². The highest BCUT2D eigenvalue weighted by atomic mass is 35.5. The van der Waals surface area contributed by atoms with Gasteiger partial charge < -0.3 is 4.74 Å². The summed E-state index contributed by atoms with van der Waals surface area (Å²) in [5, 5.41) is 13.4. The van der Waals surface area contributed by atoms with Crippen molar-refractivity contribution >= 4 is 16.8 Å². The summed E-state index contributed by atoms with van der Waals surface area (Å²) < 4.78 is 4.84. The monoisotopic (exact) mass is 173 g/mol. The number of aromatic amines is 1. The molecule has 0 unspecified atom stereocenters. The van der Waals surface area contributed by atoms with Crippen LogP contribution in [0, 0.1) is 5.41 Å². The molecular weight excluding hydrogens is 166 g/mol. The van der Waals surface area contributed by atoms with E-state index in [0.717, 1.165) is 5.69 Å². The van der Waals surface area contributed by atoms with Crippen LogP contribution in [0.2, 0.25) is 0 Å². The van der Waals surface area contributed by atoms with Crippen molar-refractivity contribution in [3.8, 4) is 0 Å². The van der Waals surface area contributed by atoms with Gasteiger partial charge in [-0.25, -0.2) is 0 Å². The van der Waals surface area contributed by atoms with Crippen molar-refractivity contribution in [1.29, 1.82) is 5.41 Å². The summed E-state index contributed by atoms with van der Waals surface area (Å²) in [5.74, 6) is 0. The van der Waals surface area contributed by atoms with E-state index in [-0.39, 0.29) is 5.17 Å². The van der Waals surface area contributed by atoms with E-state index in [9.17, 15) is 0 Å². The molecule has 0 bridgehead atoms. The van der Waals surface area contributed by atoms with Crippen LogP contribution < -0.4 is 0 Å². The minimum atomic E-state index is -0.0661. The van der Waals surface area contributed by atoms with Gasteiger partial charge in [-0.2, -0.15) is 5.10 Å². The van der Waals surface area contributed by atoms with Gasteiger partial charge in [0.2, 0.25) is 0 Å². The SMILES string of the molecule is COCc1cc(C(=N)Cl)n[nH]1. The van der Waals surface area contributed by atoms with Gasteiger partial charge in [-0.3, -0.25) is 10.5 Å². The standard InChI is InChI=1S/C6H8ClN3O/c1-11-3-4-2-5(6(7)8)10-9-4/h2,8H,3H2,1H3,(H,9,10). The first kappa shape index (κ1) is 8.23. The van der Waals surface area contributed by atoms with E-state index in [4.69, 9.17) is 21.7 Å². The lowest BCUT2D eigenvalue weighted by atomic mass is 10.4. The molecule has 0 radical (unpaired) electrons. The van der Waals surface area contributed by atoms with Crippen LogP contribution in [0.25, 0.3) is 0 Å². The molecule has 2 N–H and O–H groups in total. The third kappa shape index (κ3) is 2.03. The fourth-order valence-electron chi connectivity index (χ4n) is 0.703. The number of hydrogen-bond acceptors (Lipinski definition) is 3. The smallest absolute Gasteiger partial charge is 0.148 e. The molecule has 11 heavy (non-hydrogen) atoms. The predicted octanol–water partition coefficient (Wildman–Crippen LogP) is 1.12. The summed E-state index contributed by atoms with van der Waals surface area (Å²) >= 11 is 5.38. The Morgan fingerprint density at radius 3 is 3.09 bits per heavy atom. The van der Waals surface area contributed by atoms with Gasteiger partial charge in [-0.1, -0.05) is 11.6 Å². The molecule has 0 amide bonds. The zero-order valence-corrected chi connectivity index (χ0v) is 6.77. The topological polar surface area (TPSA) is 61.8 Å². The number of hydrogen-bond donors (Lipinski definition) is 2. The summed E-state index contributed by atoms with van der Waals surface area (Å²) in [6.07, 6.45) is 0. The second-order valence-electron chi connectivity index (χ2n) is 2.03. The van der Waals surface area contributed by atoms with Crippen molar-refractivity contribution < 1.29 is 4.74 Å². The summed E-state index contributed by atoms with van der Waals surface area (Å²) in [4.78, 5) is 0. The van der Waals surface area contributed by atoms with Crippen molar-refractivity contribution in [2.75, 3.05) is 7.11 Å². The maximum absolute atomic E-state index is 7.02. The van der Waals surface area contributed by atoms with Crippen molar-refractivity contribution in [3.05, 3.63) is 17.5 Å². The number of methoxy groups -OCH3 is 1. The van der Waals surface area contributed by atoms with E-state index in [1.54, 1.807) is 13.2 Å². The van der Waals surface area contributed by atoms with Gasteiger partial charge in [0.15, 0.2) is 0 Å². The molecule has 0 fully saturated rings. The van der Waals surface area contributed by atoms with Crippen molar-refractivity contribution in [2.24, 2.45) is 0 Å². The van der Waals surface area contributed by atoms with Crippen LogP contribution in [0.15, 0.2) is 6.07 Å². The number of halogens is 1. The first-order valence-corrected chi connectivity index (χ1v) is 3.39. The van der Waals surface area contributed by atoms with Crippen LogP contribution >= 0.6 is 11.6 Å². The Hall–Kier alpha value is -0.870. The Balaban J connectivity index is 2.73. The van der Waals surface area contributed by atoms with Gasteiger partial charge in [-0.05, 0) is 6.07 Å². The maximum Gasteiger partial charge on any atom is 0.148 e. The molecule has 5 heteroatoms. The van der Waals surface area contributed by atoms with E-state index in [1.807, 2.05) is 0 Å². The molecule has 1 rings (SSSR count). The van der Waals surface area contributed by atoms with Crippen LogP contribution in [-0.2, 0) is 11.3 Å². The third-order valence-electron chi connectivity index (χ3n) is 1.16. The Morgan fingerprint density at radius 2 is 2.64 bits per heavy atom. The molecule has 0 aliphatic rings. The molecule has 0 aliphatic heterocycles. The highest BCUT2D eigenvalue weighted by Gasteiger charge is 2.02. The number of aromatic nitrogens is 2. The minimum absolute atomic E-state index is 0.0661. The van der Waals surface area contributed by atoms with E-state index in [2.05, 4.69) is 10.2 Å². The van der Waals surface area contributed by atoms with E-state index >= 15 is 0 Å².